The van der Waals surface area contributed by atoms with E-state index in [1.54, 1.807) is 17.0 Å². The molecule has 2 aromatic rings. The van der Waals surface area contributed by atoms with Gasteiger partial charge in [-0.05, 0) is 42.9 Å². The van der Waals surface area contributed by atoms with Crippen LogP contribution in [0.1, 0.15) is 61.9 Å². The van der Waals surface area contributed by atoms with Crippen LogP contribution in [0.25, 0.3) is 0 Å². The number of nitrogens with one attached hydrogen (secondary N) is 1. The van der Waals surface area contributed by atoms with Crippen LogP contribution in [-0.4, -0.2) is 33.8 Å². The number of pyridine rings is 1. The normalized spacial score (nSPS) is 15.2. The molecular formula is C24H30ClN3O2. The van der Waals surface area contributed by atoms with Crippen molar-refractivity contribution in [2.24, 2.45) is 5.92 Å². The third-order valence-corrected chi connectivity index (χ3v) is 5.73. The van der Waals surface area contributed by atoms with E-state index in [0.717, 1.165) is 31.2 Å². The van der Waals surface area contributed by atoms with E-state index in [2.05, 4.69) is 24.1 Å². The topological polar surface area (TPSA) is 62.3 Å². The van der Waals surface area contributed by atoms with Gasteiger partial charge in [0.05, 0.1) is 5.56 Å². The van der Waals surface area contributed by atoms with E-state index in [1.807, 2.05) is 30.3 Å². The maximum atomic E-state index is 13.5. The Bertz CT molecular complexity index is 833. The Balaban J connectivity index is 1.91. The third-order valence-electron chi connectivity index (χ3n) is 5.51. The molecule has 6 heteroatoms. The molecule has 1 aromatic heterocycles. The van der Waals surface area contributed by atoms with E-state index in [4.69, 9.17) is 11.6 Å². The average Bonchev–Trinajstić information content (AvgIpc) is 3.24. The Morgan fingerprint density at radius 3 is 2.43 bits per heavy atom. The molecule has 1 atom stereocenters. The second-order valence-corrected chi connectivity index (χ2v) is 8.81. The molecule has 0 aliphatic heterocycles. The van der Waals surface area contributed by atoms with Crippen molar-refractivity contribution in [2.45, 2.75) is 64.6 Å². The van der Waals surface area contributed by atoms with Crippen LogP contribution in [0, 0.1) is 5.92 Å². The number of aromatic nitrogens is 1. The second-order valence-electron chi connectivity index (χ2n) is 8.42. The van der Waals surface area contributed by atoms with Gasteiger partial charge in [0.25, 0.3) is 5.91 Å². The zero-order chi connectivity index (χ0) is 21.5. The summed E-state index contributed by atoms with van der Waals surface area (Å²) in [6.45, 7) is 4.51. The van der Waals surface area contributed by atoms with Gasteiger partial charge in [-0.25, -0.2) is 4.98 Å². The molecule has 1 aliphatic rings. The standard InChI is InChI=1S/C24H30ClN3O2/c1-17(2)14-21(23(29)27-20-10-6-7-11-20)28(16-18-8-4-3-5-9-18)24(30)19-12-13-22(25)26-15-19/h3-5,8-9,12-13,15,17,20-21H,6-7,10-11,14,16H2,1-2H3,(H,27,29)/t21-/m1/s1. The lowest BCUT2D eigenvalue weighted by Gasteiger charge is -2.33. The second kappa shape index (κ2) is 10.6. The van der Waals surface area contributed by atoms with Crippen LogP contribution < -0.4 is 5.32 Å². The Kier molecular flexibility index (Phi) is 7.86. The summed E-state index contributed by atoms with van der Waals surface area (Å²) in [6.07, 6.45) is 6.37. The smallest absolute Gasteiger partial charge is 0.256 e. The molecule has 160 valence electrons. The molecule has 5 nitrogen and oxygen atoms in total. The fourth-order valence-corrected chi connectivity index (χ4v) is 4.07. The first-order valence-electron chi connectivity index (χ1n) is 10.7. The van der Waals surface area contributed by atoms with Gasteiger partial charge in [-0.2, -0.15) is 0 Å². The van der Waals surface area contributed by atoms with Crippen molar-refractivity contribution in [3.8, 4) is 0 Å². The maximum Gasteiger partial charge on any atom is 0.256 e. The lowest BCUT2D eigenvalue weighted by atomic mass is 9.99. The highest BCUT2D eigenvalue weighted by molar-refractivity contribution is 6.29. The average molecular weight is 428 g/mol. The minimum Gasteiger partial charge on any atom is -0.352 e. The van der Waals surface area contributed by atoms with Crippen molar-refractivity contribution >= 4 is 23.4 Å². The van der Waals surface area contributed by atoms with Crippen molar-refractivity contribution in [2.75, 3.05) is 0 Å². The molecule has 3 rings (SSSR count). The minimum absolute atomic E-state index is 0.0678. The zero-order valence-corrected chi connectivity index (χ0v) is 18.4. The Morgan fingerprint density at radius 2 is 1.83 bits per heavy atom. The third kappa shape index (κ3) is 6.05. The first kappa shape index (κ1) is 22.3. The van der Waals surface area contributed by atoms with Crippen LogP contribution in [0.5, 0.6) is 0 Å². The molecule has 1 fully saturated rings. The number of carbonyl (C=O) groups is 2. The number of rotatable bonds is 8. The van der Waals surface area contributed by atoms with Gasteiger partial charge in [0.1, 0.15) is 11.2 Å². The molecule has 1 aliphatic carbocycles. The zero-order valence-electron chi connectivity index (χ0n) is 17.7. The summed E-state index contributed by atoms with van der Waals surface area (Å²) in [5.74, 6) is -0.0178. The minimum atomic E-state index is -0.547. The van der Waals surface area contributed by atoms with Crippen molar-refractivity contribution in [1.82, 2.24) is 15.2 Å². The van der Waals surface area contributed by atoms with Gasteiger partial charge in [0.15, 0.2) is 0 Å². The van der Waals surface area contributed by atoms with E-state index in [0.29, 0.717) is 23.7 Å². The monoisotopic (exact) mass is 427 g/mol. The number of carbonyl (C=O) groups excluding carboxylic acids is 2. The van der Waals surface area contributed by atoms with Gasteiger partial charge in [0, 0.05) is 18.8 Å². The van der Waals surface area contributed by atoms with Gasteiger partial charge in [-0.15, -0.1) is 0 Å². The maximum absolute atomic E-state index is 13.5. The van der Waals surface area contributed by atoms with Gasteiger partial charge in [-0.3, -0.25) is 9.59 Å². The summed E-state index contributed by atoms with van der Waals surface area (Å²) >= 11 is 5.90. The molecule has 0 unspecified atom stereocenters. The van der Waals surface area contributed by atoms with Gasteiger partial charge < -0.3 is 10.2 Å². The summed E-state index contributed by atoms with van der Waals surface area (Å²) in [5, 5.41) is 3.53. The Morgan fingerprint density at radius 1 is 1.13 bits per heavy atom. The molecule has 0 radical (unpaired) electrons. The summed E-state index contributed by atoms with van der Waals surface area (Å²) < 4.78 is 0. The number of nitrogens with zero attached hydrogens (tertiary/aromatic N) is 2. The van der Waals surface area contributed by atoms with Crippen molar-refractivity contribution in [3.05, 3.63) is 64.9 Å². The highest BCUT2D eigenvalue weighted by Gasteiger charge is 2.33. The van der Waals surface area contributed by atoms with Crippen LogP contribution >= 0.6 is 11.6 Å². The van der Waals surface area contributed by atoms with Gasteiger partial charge in [0.2, 0.25) is 5.91 Å². The molecule has 30 heavy (non-hydrogen) atoms. The SMILES string of the molecule is CC(C)C[C@H](C(=O)NC1CCCC1)N(Cc1ccccc1)C(=O)c1ccc(Cl)nc1. The van der Waals surface area contributed by atoms with E-state index >= 15 is 0 Å². The predicted molar refractivity (Wildman–Crippen MR) is 119 cm³/mol. The van der Waals surface area contributed by atoms with Crippen LogP contribution in [0.2, 0.25) is 5.15 Å². The first-order chi connectivity index (χ1) is 14.4. The van der Waals surface area contributed by atoms with Crippen LogP contribution in [-0.2, 0) is 11.3 Å². The molecule has 0 saturated heterocycles. The number of hydrogen-bond acceptors (Lipinski definition) is 3. The van der Waals surface area contributed by atoms with E-state index in [9.17, 15) is 9.59 Å². The predicted octanol–water partition coefficient (Wildman–Crippen LogP) is 4.85. The molecule has 0 bridgehead atoms. The molecule has 1 N–H and O–H groups in total. The van der Waals surface area contributed by atoms with Gasteiger partial charge in [-0.1, -0.05) is 68.6 Å². The lowest BCUT2D eigenvalue weighted by Crippen LogP contribution is -2.51. The number of benzene rings is 1. The van der Waals surface area contributed by atoms with Crippen molar-refractivity contribution < 1.29 is 9.59 Å². The van der Waals surface area contributed by atoms with Gasteiger partial charge >= 0.3 is 0 Å². The summed E-state index contributed by atoms with van der Waals surface area (Å²) in [6, 6.07) is 12.7. The molecule has 1 aromatic carbocycles. The molecule has 1 heterocycles. The number of halogens is 1. The molecule has 1 saturated carbocycles. The van der Waals surface area contributed by atoms with Crippen molar-refractivity contribution in [1.29, 1.82) is 0 Å². The summed E-state index contributed by atoms with van der Waals surface area (Å²) in [7, 11) is 0. The fourth-order valence-electron chi connectivity index (χ4n) is 3.96. The molecule has 0 spiro atoms. The summed E-state index contributed by atoms with van der Waals surface area (Å²) in [5.41, 5.74) is 1.41. The lowest BCUT2D eigenvalue weighted by molar-refractivity contribution is -0.127. The highest BCUT2D eigenvalue weighted by Crippen LogP contribution is 2.22. The Labute approximate surface area is 183 Å². The van der Waals surface area contributed by atoms with E-state index in [1.165, 1.54) is 6.20 Å². The number of amides is 2. The van der Waals surface area contributed by atoms with Crippen LogP contribution in [0.4, 0.5) is 0 Å². The van der Waals surface area contributed by atoms with Crippen LogP contribution in [0.15, 0.2) is 48.7 Å². The van der Waals surface area contributed by atoms with Crippen molar-refractivity contribution in [3.63, 3.8) is 0 Å². The Hall–Kier alpha value is -2.40. The largest absolute Gasteiger partial charge is 0.352 e. The molecular weight excluding hydrogens is 398 g/mol. The van der Waals surface area contributed by atoms with Crippen LogP contribution in [0.3, 0.4) is 0 Å². The first-order valence-corrected chi connectivity index (χ1v) is 11.1. The number of hydrogen-bond donors (Lipinski definition) is 1. The van der Waals surface area contributed by atoms with E-state index < -0.39 is 6.04 Å². The highest BCUT2D eigenvalue weighted by atomic mass is 35.5. The summed E-state index contributed by atoms with van der Waals surface area (Å²) in [4.78, 5) is 32.5. The fraction of sp³-hybridized carbons (Fsp3) is 0.458. The molecule has 2 amide bonds. The quantitative estimate of drug-likeness (QED) is 0.612. The van der Waals surface area contributed by atoms with E-state index in [-0.39, 0.29) is 23.8 Å².